The van der Waals surface area contributed by atoms with Gasteiger partial charge in [-0.1, -0.05) is 56.3 Å². The minimum atomic E-state index is -0.0109. The highest BCUT2D eigenvalue weighted by Crippen LogP contribution is 2.50. The van der Waals surface area contributed by atoms with Crippen LogP contribution in [-0.2, 0) is 5.41 Å². The van der Waals surface area contributed by atoms with Crippen LogP contribution in [0.5, 0.6) is 0 Å². The highest BCUT2D eigenvalue weighted by molar-refractivity contribution is 7.16. The maximum atomic E-state index is 4.46. The molecule has 4 aromatic carbocycles. The predicted molar refractivity (Wildman–Crippen MR) is 132 cm³/mol. The first-order chi connectivity index (χ1) is 15.1. The van der Waals surface area contributed by atoms with Gasteiger partial charge in [-0.3, -0.25) is 0 Å². The van der Waals surface area contributed by atoms with Crippen molar-refractivity contribution >= 4 is 43.4 Å². The Morgan fingerprint density at radius 2 is 1.58 bits per heavy atom. The van der Waals surface area contributed by atoms with Gasteiger partial charge in [-0.15, -0.1) is 11.3 Å². The highest BCUT2D eigenvalue weighted by atomic mass is 32.1. The maximum Gasteiger partial charge on any atom is 0.0813 e. The number of nitrogens with zero attached hydrogens (tertiary/aromatic N) is 2. The van der Waals surface area contributed by atoms with Gasteiger partial charge in [0.2, 0.25) is 0 Å². The minimum absolute atomic E-state index is 0.0109. The second-order valence-electron chi connectivity index (χ2n) is 8.94. The Morgan fingerprint density at radius 3 is 2.52 bits per heavy atom. The highest BCUT2D eigenvalue weighted by Gasteiger charge is 2.36. The third kappa shape index (κ3) is 2.19. The molecular weight excluding hydrogens is 396 g/mol. The minimum Gasteiger partial charge on any atom is -0.309 e. The molecular formula is C28H20N2S. The standard InChI is InChI=1S/C28H20N2S/c1-28(2)22-9-5-3-7-18(22)20-14-21-19-8-4-6-10-25(19)30(26(21)15-23(20)28)17-11-12-24-27(13-17)31-16-29-24/h3-16H,1-2H3. The Labute approximate surface area is 184 Å². The zero-order valence-electron chi connectivity index (χ0n) is 17.4. The Bertz CT molecular complexity index is 1670. The molecule has 0 spiro atoms. The quantitative estimate of drug-likeness (QED) is 0.268. The van der Waals surface area contributed by atoms with Crippen molar-refractivity contribution in [1.29, 1.82) is 0 Å². The van der Waals surface area contributed by atoms with E-state index in [9.17, 15) is 0 Å². The van der Waals surface area contributed by atoms with Crippen LogP contribution in [-0.4, -0.2) is 9.55 Å². The molecule has 2 aromatic heterocycles. The molecule has 0 aliphatic heterocycles. The summed E-state index contributed by atoms with van der Waals surface area (Å²) in [5, 5.41) is 2.61. The fraction of sp³-hybridized carbons (Fsp3) is 0.107. The molecule has 7 rings (SSSR count). The number of para-hydroxylation sites is 1. The summed E-state index contributed by atoms with van der Waals surface area (Å²) in [5.41, 5.74) is 12.2. The first-order valence-electron chi connectivity index (χ1n) is 10.6. The number of thiazole rings is 1. The number of aromatic nitrogens is 2. The summed E-state index contributed by atoms with van der Waals surface area (Å²) in [6.45, 7) is 4.69. The van der Waals surface area contributed by atoms with E-state index in [2.05, 4.69) is 102 Å². The summed E-state index contributed by atoms with van der Waals surface area (Å²) >= 11 is 1.70. The lowest BCUT2D eigenvalue weighted by atomic mass is 9.82. The number of fused-ring (bicyclic) bond motifs is 7. The van der Waals surface area contributed by atoms with E-state index in [0.717, 1.165) is 5.52 Å². The summed E-state index contributed by atoms with van der Waals surface area (Å²) in [6, 6.07) is 29.1. The van der Waals surface area contributed by atoms with Crippen molar-refractivity contribution in [2.45, 2.75) is 19.3 Å². The van der Waals surface area contributed by atoms with Gasteiger partial charge in [-0.05, 0) is 58.7 Å². The third-order valence-corrected chi connectivity index (χ3v) is 7.74. The number of benzene rings is 4. The molecule has 6 aromatic rings. The summed E-state index contributed by atoms with van der Waals surface area (Å²) in [4.78, 5) is 4.46. The molecule has 0 saturated heterocycles. The van der Waals surface area contributed by atoms with E-state index in [1.54, 1.807) is 11.3 Å². The van der Waals surface area contributed by atoms with Crippen LogP contribution in [0.15, 0.2) is 84.4 Å². The Kier molecular flexibility index (Phi) is 3.25. The van der Waals surface area contributed by atoms with Crippen molar-refractivity contribution in [3.8, 4) is 16.8 Å². The molecule has 31 heavy (non-hydrogen) atoms. The second kappa shape index (κ2) is 5.83. The van der Waals surface area contributed by atoms with Crippen molar-refractivity contribution in [1.82, 2.24) is 9.55 Å². The molecule has 0 atom stereocenters. The number of rotatable bonds is 1. The van der Waals surface area contributed by atoms with Gasteiger partial charge in [0.25, 0.3) is 0 Å². The Morgan fingerprint density at radius 1 is 0.742 bits per heavy atom. The fourth-order valence-corrected chi connectivity index (χ4v) is 6.13. The lowest BCUT2D eigenvalue weighted by Gasteiger charge is -2.21. The van der Waals surface area contributed by atoms with Gasteiger partial charge in [-0.2, -0.15) is 0 Å². The second-order valence-corrected chi connectivity index (χ2v) is 9.83. The monoisotopic (exact) mass is 416 g/mol. The van der Waals surface area contributed by atoms with Crippen molar-refractivity contribution < 1.29 is 0 Å². The molecule has 0 bridgehead atoms. The summed E-state index contributed by atoms with van der Waals surface area (Å²) in [7, 11) is 0. The van der Waals surface area contributed by atoms with E-state index in [1.807, 2.05) is 5.51 Å². The summed E-state index contributed by atoms with van der Waals surface area (Å²) in [5.74, 6) is 0. The van der Waals surface area contributed by atoms with Gasteiger partial charge in [-0.25, -0.2) is 4.98 Å². The van der Waals surface area contributed by atoms with E-state index >= 15 is 0 Å². The summed E-state index contributed by atoms with van der Waals surface area (Å²) < 4.78 is 3.64. The topological polar surface area (TPSA) is 17.8 Å². The lowest BCUT2D eigenvalue weighted by molar-refractivity contribution is 0.661. The van der Waals surface area contributed by atoms with E-state index in [0.29, 0.717) is 0 Å². The SMILES string of the molecule is CC1(C)c2ccccc2-c2cc3c4ccccc4n(-c4ccc5ncsc5c4)c3cc21. The molecule has 0 N–H and O–H groups in total. The molecule has 0 saturated carbocycles. The van der Waals surface area contributed by atoms with E-state index in [-0.39, 0.29) is 5.41 Å². The molecule has 2 heterocycles. The van der Waals surface area contributed by atoms with Crippen LogP contribution >= 0.6 is 11.3 Å². The lowest BCUT2D eigenvalue weighted by Crippen LogP contribution is -2.14. The van der Waals surface area contributed by atoms with Gasteiger partial charge < -0.3 is 4.57 Å². The molecule has 3 heteroatoms. The molecule has 2 nitrogen and oxygen atoms in total. The zero-order chi connectivity index (χ0) is 20.7. The van der Waals surface area contributed by atoms with Crippen LogP contribution < -0.4 is 0 Å². The van der Waals surface area contributed by atoms with Gasteiger partial charge in [0, 0.05) is 21.9 Å². The summed E-state index contributed by atoms with van der Waals surface area (Å²) in [6.07, 6.45) is 0. The molecule has 1 aliphatic carbocycles. The Balaban J connectivity index is 1.63. The van der Waals surface area contributed by atoms with Crippen LogP contribution in [0.4, 0.5) is 0 Å². The number of hydrogen-bond donors (Lipinski definition) is 0. The van der Waals surface area contributed by atoms with Crippen LogP contribution in [0.3, 0.4) is 0 Å². The van der Waals surface area contributed by atoms with Crippen molar-refractivity contribution in [2.24, 2.45) is 0 Å². The molecule has 0 amide bonds. The smallest absolute Gasteiger partial charge is 0.0813 e. The van der Waals surface area contributed by atoms with Crippen molar-refractivity contribution in [2.75, 3.05) is 0 Å². The molecule has 0 fully saturated rings. The van der Waals surface area contributed by atoms with Crippen LogP contribution in [0, 0.1) is 0 Å². The van der Waals surface area contributed by atoms with Crippen LogP contribution in [0.25, 0.3) is 48.8 Å². The fourth-order valence-electron chi connectivity index (χ4n) is 5.42. The predicted octanol–water partition coefficient (Wildman–Crippen LogP) is 7.70. The normalized spacial score (nSPS) is 14.4. The maximum absolute atomic E-state index is 4.46. The number of hydrogen-bond acceptors (Lipinski definition) is 2. The third-order valence-electron chi connectivity index (χ3n) is 6.95. The average molecular weight is 417 g/mol. The van der Waals surface area contributed by atoms with Gasteiger partial charge in [0.1, 0.15) is 0 Å². The van der Waals surface area contributed by atoms with Gasteiger partial charge >= 0.3 is 0 Å². The zero-order valence-corrected chi connectivity index (χ0v) is 18.2. The van der Waals surface area contributed by atoms with Gasteiger partial charge in [0.05, 0.1) is 26.8 Å². The van der Waals surface area contributed by atoms with Gasteiger partial charge in [0.15, 0.2) is 0 Å². The Hall–Kier alpha value is -3.43. The largest absolute Gasteiger partial charge is 0.309 e. The van der Waals surface area contributed by atoms with Crippen LogP contribution in [0.2, 0.25) is 0 Å². The molecule has 0 radical (unpaired) electrons. The van der Waals surface area contributed by atoms with E-state index in [1.165, 1.54) is 54.4 Å². The molecule has 0 unspecified atom stereocenters. The van der Waals surface area contributed by atoms with E-state index in [4.69, 9.17) is 0 Å². The average Bonchev–Trinajstić information content (AvgIpc) is 3.45. The van der Waals surface area contributed by atoms with Crippen molar-refractivity contribution in [3.63, 3.8) is 0 Å². The van der Waals surface area contributed by atoms with Crippen molar-refractivity contribution in [3.05, 3.63) is 95.5 Å². The van der Waals surface area contributed by atoms with E-state index < -0.39 is 0 Å². The molecule has 148 valence electrons. The molecule has 1 aliphatic rings. The first kappa shape index (κ1) is 17.3. The van der Waals surface area contributed by atoms with Crippen LogP contribution in [0.1, 0.15) is 25.0 Å². The first-order valence-corrected chi connectivity index (χ1v) is 11.5.